The predicted molar refractivity (Wildman–Crippen MR) is 55.7 cm³/mol. The molecule has 84 valence electrons. The zero-order valence-corrected chi connectivity index (χ0v) is 9.03. The van der Waals surface area contributed by atoms with Crippen LogP contribution in [0.4, 0.5) is 0 Å². The van der Waals surface area contributed by atoms with E-state index in [-0.39, 0.29) is 6.42 Å². The van der Waals surface area contributed by atoms with Crippen molar-refractivity contribution in [3.8, 4) is 0 Å². The largest absolute Gasteiger partial charge is 0.481 e. The Kier molecular flexibility index (Phi) is 4.87. The van der Waals surface area contributed by atoms with Gasteiger partial charge in [0.25, 0.3) is 0 Å². The van der Waals surface area contributed by atoms with Gasteiger partial charge in [0, 0.05) is 18.9 Å². The summed E-state index contributed by atoms with van der Waals surface area (Å²) < 4.78 is 5.10. The van der Waals surface area contributed by atoms with E-state index in [4.69, 9.17) is 9.63 Å². The van der Waals surface area contributed by atoms with E-state index in [0.717, 1.165) is 24.3 Å². The van der Waals surface area contributed by atoms with Crippen molar-refractivity contribution < 1.29 is 14.4 Å². The molecule has 0 aliphatic heterocycles. The summed E-state index contributed by atoms with van der Waals surface area (Å²) in [4.78, 5) is 10.3. The Morgan fingerprint density at radius 1 is 1.47 bits per heavy atom. The van der Waals surface area contributed by atoms with Gasteiger partial charge in [-0.25, -0.2) is 0 Å². The highest BCUT2D eigenvalue weighted by Gasteiger charge is 2.05. The Morgan fingerprint density at radius 3 is 2.93 bits per heavy atom. The highest BCUT2D eigenvalue weighted by Crippen LogP contribution is 2.10. The van der Waals surface area contributed by atoms with Gasteiger partial charge in [-0.3, -0.25) is 4.79 Å². The van der Waals surface area contributed by atoms with Crippen LogP contribution in [0.1, 0.15) is 44.1 Å². The minimum atomic E-state index is -0.800. The van der Waals surface area contributed by atoms with Crippen molar-refractivity contribution in [2.75, 3.05) is 0 Å². The van der Waals surface area contributed by atoms with Crippen LogP contribution in [0.15, 0.2) is 10.6 Å². The molecule has 0 aromatic carbocycles. The molecule has 4 heteroatoms. The first-order chi connectivity index (χ1) is 7.22. The summed E-state index contributed by atoms with van der Waals surface area (Å²) in [5, 5.41) is 12.3. The van der Waals surface area contributed by atoms with E-state index in [1.165, 1.54) is 12.8 Å². The third-order valence-electron chi connectivity index (χ3n) is 2.23. The summed E-state index contributed by atoms with van der Waals surface area (Å²) in [7, 11) is 0. The number of aryl methyl sites for hydroxylation is 2. The first kappa shape index (κ1) is 11.8. The minimum absolute atomic E-state index is 0.112. The lowest BCUT2D eigenvalue weighted by Gasteiger charge is -1.92. The molecule has 0 saturated carbocycles. The van der Waals surface area contributed by atoms with E-state index in [2.05, 4.69) is 12.1 Å². The number of carbonyl (C=O) groups is 1. The molecule has 0 radical (unpaired) electrons. The number of aromatic nitrogens is 1. The maximum Gasteiger partial charge on any atom is 0.303 e. The van der Waals surface area contributed by atoms with Crippen LogP contribution in [-0.2, 0) is 17.6 Å². The third-order valence-corrected chi connectivity index (χ3v) is 2.23. The molecule has 1 N–H and O–H groups in total. The van der Waals surface area contributed by atoms with Gasteiger partial charge in [-0.15, -0.1) is 0 Å². The van der Waals surface area contributed by atoms with Gasteiger partial charge in [-0.1, -0.05) is 24.9 Å². The van der Waals surface area contributed by atoms with E-state index in [1.807, 2.05) is 6.07 Å². The van der Waals surface area contributed by atoms with Crippen LogP contribution in [0.5, 0.6) is 0 Å². The number of carboxylic acids is 1. The summed E-state index contributed by atoms with van der Waals surface area (Å²) in [5.41, 5.74) is 0.740. The average Bonchev–Trinajstić information content (AvgIpc) is 2.63. The smallest absolute Gasteiger partial charge is 0.303 e. The fourth-order valence-corrected chi connectivity index (χ4v) is 1.38. The molecule has 4 nitrogen and oxygen atoms in total. The molecule has 0 aliphatic carbocycles. The fraction of sp³-hybridized carbons (Fsp3) is 0.636. The van der Waals surface area contributed by atoms with Gasteiger partial charge >= 0.3 is 5.97 Å². The topological polar surface area (TPSA) is 63.3 Å². The molecule has 15 heavy (non-hydrogen) atoms. The Labute approximate surface area is 89.3 Å². The lowest BCUT2D eigenvalue weighted by molar-refractivity contribution is -0.136. The zero-order chi connectivity index (χ0) is 11.1. The zero-order valence-electron chi connectivity index (χ0n) is 9.03. The van der Waals surface area contributed by atoms with E-state index >= 15 is 0 Å². The molecule has 0 atom stereocenters. The Morgan fingerprint density at radius 2 is 2.27 bits per heavy atom. The molecule has 1 aromatic heterocycles. The molecule has 0 unspecified atom stereocenters. The summed E-state index contributed by atoms with van der Waals surface area (Å²) in [6, 6.07) is 1.86. The molecule has 1 aromatic rings. The van der Waals surface area contributed by atoms with Gasteiger partial charge in [0.15, 0.2) is 0 Å². The number of rotatable bonds is 7. The van der Waals surface area contributed by atoms with Crippen molar-refractivity contribution in [3.05, 3.63) is 17.5 Å². The summed E-state index contributed by atoms with van der Waals surface area (Å²) in [6.07, 6.45) is 4.93. The minimum Gasteiger partial charge on any atom is -0.481 e. The summed E-state index contributed by atoms with van der Waals surface area (Å²) in [5.74, 6) is 0.0642. The maximum atomic E-state index is 10.3. The summed E-state index contributed by atoms with van der Waals surface area (Å²) in [6.45, 7) is 2.15. The van der Waals surface area contributed by atoms with Crippen LogP contribution in [0.3, 0.4) is 0 Å². The number of hydrogen-bond donors (Lipinski definition) is 1. The quantitative estimate of drug-likeness (QED) is 0.703. The monoisotopic (exact) mass is 211 g/mol. The third kappa shape index (κ3) is 4.63. The van der Waals surface area contributed by atoms with Gasteiger partial charge in [-0.2, -0.15) is 0 Å². The van der Waals surface area contributed by atoms with Crippen molar-refractivity contribution in [2.24, 2.45) is 0 Å². The highest BCUT2D eigenvalue weighted by atomic mass is 16.5. The van der Waals surface area contributed by atoms with Gasteiger partial charge in [0.05, 0.1) is 12.1 Å². The van der Waals surface area contributed by atoms with Crippen LogP contribution >= 0.6 is 0 Å². The molecule has 0 fully saturated rings. The van der Waals surface area contributed by atoms with E-state index in [0.29, 0.717) is 6.42 Å². The number of nitrogens with zero attached hydrogens (tertiary/aromatic N) is 1. The van der Waals surface area contributed by atoms with E-state index in [1.54, 1.807) is 0 Å². The van der Waals surface area contributed by atoms with Crippen molar-refractivity contribution >= 4 is 5.97 Å². The van der Waals surface area contributed by atoms with Crippen molar-refractivity contribution in [3.63, 3.8) is 0 Å². The SMILES string of the molecule is CCCCCc1cc(CCC(=O)O)no1. The number of hydrogen-bond acceptors (Lipinski definition) is 3. The second kappa shape index (κ2) is 6.22. The molecule has 0 saturated heterocycles. The molecule has 0 amide bonds. The van der Waals surface area contributed by atoms with Crippen LogP contribution in [0.2, 0.25) is 0 Å². The number of unbranched alkanes of at least 4 members (excludes halogenated alkanes) is 2. The molecule has 0 bridgehead atoms. The van der Waals surface area contributed by atoms with Crippen LogP contribution < -0.4 is 0 Å². The van der Waals surface area contributed by atoms with Gasteiger partial charge < -0.3 is 9.63 Å². The van der Waals surface area contributed by atoms with E-state index < -0.39 is 5.97 Å². The maximum absolute atomic E-state index is 10.3. The van der Waals surface area contributed by atoms with Gasteiger partial charge in [0.2, 0.25) is 0 Å². The lowest BCUT2D eigenvalue weighted by atomic mass is 10.1. The molecule has 1 rings (SSSR count). The second-order valence-electron chi connectivity index (χ2n) is 3.64. The van der Waals surface area contributed by atoms with Gasteiger partial charge in [-0.05, 0) is 6.42 Å². The highest BCUT2D eigenvalue weighted by molar-refractivity contribution is 5.66. The molecule has 0 spiro atoms. The summed E-state index contributed by atoms with van der Waals surface area (Å²) >= 11 is 0. The van der Waals surface area contributed by atoms with Crippen LogP contribution in [0.25, 0.3) is 0 Å². The Bertz CT molecular complexity index is 307. The molecular formula is C11H17NO3. The van der Waals surface area contributed by atoms with Crippen LogP contribution in [0, 0.1) is 0 Å². The number of aliphatic carboxylic acids is 1. The van der Waals surface area contributed by atoms with Crippen molar-refractivity contribution in [1.29, 1.82) is 0 Å². The van der Waals surface area contributed by atoms with Crippen molar-refractivity contribution in [2.45, 2.75) is 45.4 Å². The molecule has 0 aliphatic rings. The van der Waals surface area contributed by atoms with E-state index in [9.17, 15) is 4.79 Å². The first-order valence-corrected chi connectivity index (χ1v) is 5.38. The predicted octanol–water partition coefficient (Wildman–Crippen LogP) is 2.42. The van der Waals surface area contributed by atoms with Crippen LogP contribution in [-0.4, -0.2) is 16.2 Å². The normalized spacial score (nSPS) is 10.5. The second-order valence-corrected chi connectivity index (χ2v) is 3.64. The standard InChI is InChI=1S/C11H17NO3/c1-2-3-4-5-10-8-9(12-15-10)6-7-11(13)14/h8H,2-7H2,1H3,(H,13,14). The van der Waals surface area contributed by atoms with Gasteiger partial charge in [0.1, 0.15) is 5.76 Å². The lowest BCUT2D eigenvalue weighted by Crippen LogP contribution is -1.97. The molecular weight excluding hydrogens is 194 g/mol. The Hall–Kier alpha value is -1.32. The number of carboxylic acid groups (broad SMARTS) is 1. The Balaban J connectivity index is 2.32. The first-order valence-electron chi connectivity index (χ1n) is 5.38. The molecule has 1 heterocycles. The fourth-order valence-electron chi connectivity index (χ4n) is 1.38. The average molecular weight is 211 g/mol. The van der Waals surface area contributed by atoms with Crippen molar-refractivity contribution in [1.82, 2.24) is 5.16 Å².